The molecular formula is C13H26N2O3. The number of likely N-dealkylation sites (tertiary alicyclic amines) is 1. The lowest BCUT2D eigenvalue weighted by Crippen LogP contribution is -2.45. The van der Waals surface area contributed by atoms with Gasteiger partial charge in [0.1, 0.15) is 0 Å². The third-order valence-corrected chi connectivity index (χ3v) is 3.23. The third-order valence-electron chi connectivity index (χ3n) is 3.23. The van der Waals surface area contributed by atoms with E-state index in [1.54, 1.807) is 12.0 Å². The van der Waals surface area contributed by atoms with Gasteiger partial charge in [-0.15, -0.1) is 0 Å². The maximum Gasteiger partial charge on any atom is 0.409 e. The van der Waals surface area contributed by atoms with Gasteiger partial charge in [-0.1, -0.05) is 0 Å². The minimum atomic E-state index is -0.170. The Morgan fingerprint density at radius 1 is 1.33 bits per heavy atom. The minimum Gasteiger partial charge on any atom is -0.450 e. The van der Waals surface area contributed by atoms with Crippen molar-refractivity contribution in [1.82, 2.24) is 10.2 Å². The lowest BCUT2D eigenvalue weighted by Gasteiger charge is -2.31. The molecule has 0 bridgehead atoms. The molecule has 18 heavy (non-hydrogen) atoms. The Kier molecular flexibility index (Phi) is 7.76. The van der Waals surface area contributed by atoms with E-state index in [9.17, 15) is 4.79 Å². The van der Waals surface area contributed by atoms with Gasteiger partial charge in [0.15, 0.2) is 0 Å². The molecule has 0 aliphatic carbocycles. The summed E-state index contributed by atoms with van der Waals surface area (Å²) in [5.74, 6) is 0. The molecule has 0 unspecified atom stereocenters. The van der Waals surface area contributed by atoms with Crippen molar-refractivity contribution in [2.24, 2.45) is 0 Å². The number of methoxy groups -OCH3 is 1. The smallest absolute Gasteiger partial charge is 0.409 e. The first-order valence-electron chi connectivity index (χ1n) is 6.92. The van der Waals surface area contributed by atoms with Gasteiger partial charge in [0.05, 0.1) is 6.61 Å². The van der Waals surface area contributed by atoms with E-state index in [0.717, 1.165) is 51.9 Å². The van der Waals surface area contributed by atoms with Crippen molar-refractivity contribution in [3.63, 3.8) is 0 Å². The number of unbranched alkanes of at least 4 members (excludes halogenated alkanes) is 1. The second-order valence-electron chi connectivity index (χ2n) is 4.61. The number of nitrogens with zero attached hydrogens (tertiary/aromatic N) is 1. The monoisotopic (exact) mass is 258 g/mol. The number of ether oxygens (including phenoxy) is 2. The average molecular weight is 258 g/mol. The Balaban J connectivity index is 2.06. The second-order valence-corrected chi connectivity index (χ2v) is 4.61. The highest BCUT2D eigenvalue weighted by Crippen LogP contribution is 2.11. The molecule has 0 atom stereocenters. The van der Waals surface area contributed by atoms with Crippen molar-refractivity contribution in [1.29, 1.82) is 0 Å². The Morgan fingerprint density at radius 3 is 2.67 bits per heavy atom. The first kappa shape index (κ1) is 15.2. The van der Waals surface area contributed by atoms with Crippen LogP contribution in [0.2, 0.25) is 0 Å². The van der Waals surface area contributed by atoms with E-state index in [1.165, 1.54) is 0 Å². The Labute approximate surface area is 110 Å². The summed E-state index contributed by atoms with van der Waals surface area (Å²) in [5.41, 5.74) is 0. The second kappa shape index (κ2) is 9.16. The van der Waals surface area contributed by atoms with Crippen LogP contribution >= 0.6 is 0 Å². The van der Waals surface area contributed by atoms with Gasteiger partial charge in [-0.05, 0) is 39.2 Å². The molecule has 1 amide bonds. The van der Waals surface area contributed by atoms with Gasteiger partial charge >= 0.3 is 6.09 Å². The number of carbonyl (C=O) groups is 1. The highest BCUT2D eigenvalue weighted by molar-refractivity contribution is 5.67. The van der Waals surface area contributed by atoms with Gasteiger partial charge in [-0.25, -0.2) is 4.79 Å². The predicted molar refractivity (Wildman–Crippen MR) is 70.7 cm³/mol. The van der Waals surface area contributed by atoms with Gasteiger partial charge in [0.2, 0.25) is 0 Å². The summed E-state index contributed by atoms with van der Waals surface area (Å²) in [6.07, 6.45) is 4.11. The van der Waals surface area contributed by atoms with Crippen molar-refractivity contribution < 1.29 is 14.3 Å². The fourth-order valence-electron chi connectivity index (χ4n) is 2.16. The lowest BCUT2D eigenvalue weighted by atomic mass is 10.1. The molecule has 1 rings (SSSR count). The van der Waals surface area contributed by atoms with E-state index in [2.05, 4.69) is 5.32 Å². The van der Waals surface area contributed by atoms with E-state index in [-0.39, 0.29) is 6.09 Å². The molecule has 1 N–H and O–H groups in total. The topological polar surface area (TPSA) is 50.8 Å². The summed E-state index contributed by atoms with van der Waals surface area (Å²) in [6, 6.07) is 0.540. The maximum atomic E-state index is 11.5. The number of carbonyl (C=O) groups excluding carboxylic acids is 1. The van der Waals surface area contributed by atoms with Crippen molar-refractivity contribution in [2.75, 3.05) is 40.0 Å². The Bertz CT molecular complexity index is 228. The zero-order chi connectivity index (χ0) is 13.2. The molecule has 1 saturated heterocycles. The van der Waals surface area contributed by atoms with Crippen molar-refractivity contribution in [3.8, 4) is 0 Å². The molecule has 1 aliphatic heterocycles. The molecule has 0 spiro atoms. The molecule has 106 valence electrons. The van der Waals surface area contributed by atoms with Gasteiger partial charge < -0.3 is 19.7 Å². The van der Waals surface area contributed by atoms with Gasteiger partial charge in [-0.2, -0.15) is 0 Å². The number of rotatable bonds is 7. The summed E-state index contributed by atoms with van der Waals surface area (Å²) in [4.78, 5) is 13.3. The molecular weight excluding hydrogens is 232 g/mol. The first-order chi connectivity index (χ1) is 8.77. The summed E-state index contributed by atoms with van der Waals surface area (Å²) < 4.78 is 10.0. The number of hydrogen-bond acceptors (Lipinski definition) is 4. The van der Waals surface area contributed by atoms with Crippen LogP contribution in [0.25, 0.3) is 0 Å². The molecule has 1 aliphatic rings. The van der Waals surface area contributed by atoms with Crippen molar-refractivity contribution >= 4 is 6.09 Å². The first-order valence-corrected chi connectivity index (χ1v) is 6.92. The van der Waals surface area contributed by atoms with E-state index >= 15 is 0 Å². The summed E-state index contributed by atoms with van der Waals surface area (Å²) in [6.45, 7) is 5.77. The van der Waals surface area contributed by atoms with Gasteiger partial charge in [0, 0.05) is 32.8 Å². The summed E-state index contributed by atoms with van der Waals surface area (Å²) >= 11 is 0. The van der Waals surface area contributed by atoms with E-state index in [4.69, 9.17) is 9.47 Å². The van der Waals surface area contributed by atoms with Gasteiger partial charge in [-0.3, -0.25) is 0 Å². The van der Waals surface area contributed by atoms with Crippen LogP contribution < -0.4 is 5.32 Å². The summed E-state index contributed by atoms with van der Waals surface area (Å²) in [5, 5.41) is 3.54. The third kappa shape index (κ3) is 5.69. The van der Waals surface area contributed by atoms with Crippen LogP contribution in [0.15, 0.2) is 0 Å². The molecule has 0 radical (unpaired) electrons. The van der Waals surface area contributed by atoms with Gasteiger partial charge in [0.25, 0.3) is 0 Å². The quantitative estimate of drug-likeness (QED) is 0.705. The van der Waals surface area contributed by atoms with E-state index in [0.29, 0.717) is 12.6 Å². The van der Waals surface area contributed by atoms with Crippen LogP contribution in [0.1, 0.15) is 32.6 Å². The van der Waals surface area contributed by atoms with Crippen LogP contribution in [-0.4, -0.2) is 57.0 Å². The van der Waals surface area contributed by atoms with Crippen LogP contribution in [0.5, 0.6) is 0 Å². The fourth-order valence-corrected chi connectivity index (χ4v) is 2.16. The number of nitrogens with one attached hydrogen (secondary N) is 1. The van der Waals surface area contributed by atoms with Crippen molar-refractivity contribution in [2.45, 2.75) is 38.6 Å². The zero-order valence-electron chi connectivity index (χ0n) is 11.6. The van der Waals surface area contributed by atoms with Crippen LogP contribution in [0.4, 0.5) is 4.79 Å². The van der Waals surface area contributed by atoms with Crippen LogP contribution in [-0.2, 0) is 9.47 Å². The highest BCUT2D eigenvalue weighted by Gasteiger charge is 2.22. The molecule has 0 aromatic rings. The molecule has 1 heterocycles. The van der Waals surface area contributed by atoms with E-state index < -0.39 is 0 Å². The molecule has 5 nitrogen and oxygen atoms in total. The van der Waals surface area contributed by atoms with Crippen molar-refractivity contribution in [3.05, 3.63) is 0 Å². The molecule has 0 aromatic carbocycles. The lowest BCUT2D eigenvalue weighted by molar-refractivity contribution is 0.0950. The molecule has 5 heteroatoms. The molecule has 0 saturated carbocycles. The normalized spacial score (nSPS) is 16.9. The standard InChI is InChI=1S/C13H26N2O3/c1-3-18-13(16)15-9-6-12(7-10-15)14-8-4-5-11-17-2/h12,14H,3-11H2,1-2H3. The summed E-state index contributed by atoms with van der Waals surface area (Å²) in [7, 11) is 1.73. The fraction of sp³-hybridized carbons (Fsp3) is 0.923. The maximum absolute atomic E-state index is 11.5. The zero-order valence-corrected chi connectivity index (χ0v) is 11.6. The molecule has 1 fully saturated rings. The van der Waals surface area contributed by atoms with E-state index in [1.807, 2.05) is 6.92 Å². The molecule has 0 aromatic heterocycles. The SMILES string of the molecule is CCOC(=O)N1CCC(NCCCCOC)CC1. The predicted octanol–water partition coefficient (Wildman–Crippen LogP) is 1.62. The minimum absolute atomic E-state index is 0.170. The number of hydrogen-bond donors (Lipinski definition) is 1. The highest BCUT2D eigenvalue weighted by atomic mass is 16.6. The average Bonchev–Trinajstić information content (AvgIpc) is 2.39. The van der Waals surface area contributed by atoms with Crippen LogP contribution in [0, 0.1) is 0 Å². The largest absolute Gasteiger partial charge is 0.450 e. The number of amides is 1. The van der Waals surface area contributed by atoms with Crippen LogP contribution in [0.3, 0.4) is 0 Å². The Hall–Kier alpha value is -0.810. The number of piperidine rings is 1. The Morgan fingerprint density at radius 2 is 2.06 bits per heavy atom.